The molecule has 0 aliphatic rings. The van der Waals surface area contributed by atoms with Crippen LogP contribution in [0.4, 0.5) is 6.01 Å². The van der Waals surface area contributed by atoms with Crippen molar-refractivity contribution in [3.63, 3.8) is 0 Å². The van der Waals surface area contributed by atoms with Crippen LogP contribution in [0.5, 0.6) is 0 Å². The van der Waals surface area contributed by atoms with Crippen molar-refractivity contribution >= 4 is 24.0 Å². The summed E-state index contributed by atoms with van der Waals surface area (Å²) in [5, 5.41) is 19.4. The van der Waals surface area contributed by atoms with Gasteiger partial charge in [0.1, 0.15) is 11.6 Å². The number of amides is 1. The Bertz CT molecular complexity index is 1200. The topological polar surface area (TPSA) is 132 Å². The number of nitrogens with one attached hydrogen (secondary N) is 1. The molecule has 10 heteroatoms. The zero-order valence-electron chi connectivity index (χ0n) is 18.5. The third kappa shape index (κ3) is 5.93. The van der Waals surface area contributed by atoms with Crippen LogP contribution in [0.3, 0.4) is 0 Å². The minimum Gasteiger partial charge on any atom is -0.451 e. The SMILES string of the molecule is COCCn1c(C)cc(/C=C(/C#N)C(=O)OCC(=O)Nc2nnc(-c3ccccc3)o2)c1C. The Morgan fingerprint density at radius 3 is 2.70 bits per heavy atom. The van der Waals surface area contributed by atoms with Gasteiger partial charge in [0.15, 0.2) is 6.61 Å². The van der Waals surface area contributed by atoms with E-state index >= 15 is 0 Å². The number of methoxy groups -OCH3 is 1. The smallest absolute Gasteiger partial charge is 0.349 e. The van der Waals surface area contributed by atoms with Crippen LogP contribution >= 0.6 is 0 Å². The number of ether oxygens (including phenoxy) is 2. The number of aromatic nitrogens is 3. The molecule has 3 aromatic rings. The normalized spacial score (nSPS) is 11.2. The van der Waals surface area contributed by atoms with Crippen molar-refractivity contribution in [2.75, 3.05) is 25.6 Å². The molecular formula is C23H23N5O5. The van der Waals surface area contributed by atoms with Crippen LogP contribution in [0.2, 0.25) is 0 Å². The summed E-state index contributed by atoms with van der Waals surface area (Å²) >= 11 is 0. The highest BCUT2D eigenvalue weighted by Gasteiger charge is 2.17. The summed E-state index contributed by atoms with van der Waals surface area (Å²) in [5.74, 6) is -1.35. The zero-order chi connectivity index (χ0) is 23.8. The summed E-state index contributed by atoms with van der Waals surface area (Å²) in [6, 6.07) is 12.6. The molecule has 1 aromatic carbocycles. The fourth-order valence-corrected chi connectivity index (χ4v) is 3.13. The highest BCUT2D eigenvalue weighted by atomic mass is 16.5. The Morgan fingerprint density at radius 1 is 1.24 bits per heavy atom. The maximum Gasteiger partial charge on any atom is 0.349 e. The molecule has 0 aliphatic heterocycles. The molecule has 2 aromatic heterocycles. The van der Waals surface area contributed by atoms with E-state index in [1.165, 1.54) is 6.08 Å². The maximum absolute atomic E-state index is 12.3. The standard InChI is InChI=1S/C23H23N5O5/c1-15-11-18(16(2)28(15)9-10-31-3)12-19(13-24)22(30)32-14-20(29)25-23-27-26-21(33-23)17-7-5-4-6-8-17/h4-8,11-12H,9-10,14H2,1-3H3,(H,25,27,29)/b19-12-. The molecule has 0 atom stereocenters. The van der Waals surface area contributed by atoms with Gasteiger partial charge in [-0.1, -0.05) is 23.3 Å². The molecule has 3 rings (SSSR count). The molecule has 0 radical (unpaired) electrons. The molecule has 10 nitrogen and oxygen atoms in total. The van der Waals surface area contributed by atoms with Gasteiger partial charge in [0, 0.05) is 30.6 Å². The number of carbonyl (C=O) groups excluding carboxylic acids is 2. The first-order valence-corrected chi connectivity index (χ1v) is 10.1. The van der Waals surface area contributed by atoms with Crippen LogP contribution in [0.1, 0.15) is 17.0 Å². The van der Waals surface area contributed by atoms with Gasteiger partial charge >= 0.3 is 12.0 Å². The number of benzene rings is 1. The van der Waals surface area contributed by atoms with Crippen molar-refractivity contribution < 1.29 is 23.5 Å². The van der Waals surface area contributed by atoms with Gasteiger partial charge < -0.3 is 18.5 Å². The Balaban J connectivity index is 1.60. The number of aryl methyl sites for hydroxylation is 1. The highest BCUT2D eigenvalue weighted by molar-refractivity contribution is 6.00. The summed E-state index contributed by atoms with van der Waals surface area (Å²) in [5.41, 5.74) is 3.03. The number of hydrogen-bond acceptors (Lipinski definition) is 8. The molecule has 0 aliphatic carbocycles. The van der Waals surface area contributed by atoms with E-state index in [0.717, 1.165) is 11.4 Å². The van der Waals surface area contributed by atoms with Crippen LogP contribution in [0.25, 0.3) is 17.5 Å². The van der Waals surface area contributed by atoms with E-state index in [-0.39, 0.29) is 17.5 Å². The quantitative estimate of drug-likeness (QED) is 0.300. The second-order valence-electron chi connectivity index (χ2n) is 7.04. The van der Waals surface area contributed by atoms with Crippen molar-refractivity contribution in [3.05, 3.63) is 58.9 Å². The number of nitrogens with zero attached hydrogens (tertiary/aromatic N) is 4. The van der Waals surface area contributed by atoms with Crippen molar-refractivity contribution in [2.45, 2.75) is 20.4 Å². The molecule has 1 N–H and O–H groups in total. The lowest BCUT2D eigenvalue weighted by atomic mass is 10.1. The molecular weight excluding hydrogens is 426 g/mol. The predicted octanol–water partition coefficient (Wildman–Crippen LogP) is 2.89. The Hall–Kier alpha value is -4.23. The molecule has 0 spiro atoms. The first kappa shape index (κ1) is 23.4. The van der Waals surface area contributed by atoms with E-state index in [9.17, 15) is 14.9 Å². The number of hydrogen-bond donors (Lipinski definition) is 1. The Kier molecular flexibility index (Phi) is 7.73. The summed E-state index contributed by atoms with van der Waals surface area (Å²) in [6.45, 7) is 4.38. The summed E-state index contributed by atoms with van der Waals surface area (Å²) in [7, 11) is 1.62. The third-order valence-corrected chi connectivity index (χ3v) is 4.80. The molecule has 0 saturated heterocycles. The van der Waals surface area contributed by atoms with E-state index in [4.69, 9.17) is 13.9 Å². The van der Waals surface area contributed by atoms with Crippen molar-refractivity contribution in [1.82, 2.24) is 14.8 Å². The van der Waals surface area contributed by atoms with Crippen molar-refractivity contribution in [2.24, 2.45) is 0 Å². The number of esters is 1. The summed E-state index contributed by atoms with van der Waals surface area (Å²) < 4.78 is 17.5. The molecule has 1 amide bonds. The Morgan fingerprint density at radius 2 is 2.00 bits per heavy atom. The van der Waals surface area contributed by atoms with E-state index in [1.807, 2.05) is 48.7 Å². The number of rotatable bonds is 9. The zero-order valence-corrected chi connectivity index (χ0v) is 18.5. The van der Waals surface area contributed by atoms with Gasteiger partial charge in [-0.2, -0.15) is 5.26 Å². The van der Waals surface area contributed by atoms with Crippen molar-refractivity contribution in [3.8, 4) is 17.5 Å². The predicted molar refractivity (Wildman–Crippen MR) is 119 cm³/mol. The van der Waals surface area contributed by atoms with Crippen LogP contribution in [-0.4, -0.2) is 47.0 Å². The number of nitriles is 1. The van der Waals surface area contributed by atoms with Crippen LogP contribution in [0.15, 0.2) is 46.4 Å². The average molecular weight is 449 g/mol. The highest BCUT2D eigenvalue weighted by Crippen LogP contribution is 2.20. The maximum atomic E-state index is 12.3. The molecule has 0 unspecified atom stereocenters. The van der Waals surface area contributed by atoms with Gasteiger partial charge in [-0.05, 0) is 43.7 Å². The monoisotopic (exact) mass is 449 g/mol. The van der Waals surface area contributed by atoms with Gasteiger partial charge in [0.2, 0.25) is 5.89 Å². The number of carbonyl (C=O) groups is 2. The fraction of sp³-hybridized carbons (Fsp3) is 0.261. The van der Waals surface area contributed by atoms with E-state index in [2.05, 4.69) is 15.5 Å². The first-order chi connectivity index (χ1) is 15.9. The van der Waals surface area contributed by atoms with Crippen LogP contribution in [0, 0.1) is 25.2 Å². The summed E-state index contributed by atoms with van der Waals surface area (Å²) in [6.07, 6.45) is 1.44. The van der Waals surface area contributed by atoms with E-state index in [1.54, 1.807) is 19.2 Å². The molecule has 0 fully saturated rings. The molecule has 0 saturated carbocycles. The second-order valence-corrected chi connectivity index (χ2v) is 7.04. The minimum atomic E-state index is -0.912. The lowest BCUT2D eigenvalue weighted by Gasteiger charge is -2.08. The molecule has 33 heavy (non-hydrogen) atoms. The van der Waals surface area contributed by atoms with Crippen LogP contribution in [-0.2, 0) is 25.6 Å². The van der Waals surface area contributed by atoms with Crippen LogP contribution < -0.4 is 5.32 Å². The largest absolute Gasteiger partial charge is 0.451 e. The molecule has 0 bridgehead atoms. The fourth-order valence-electron chi connectivity index (χ4n) is 3.13. The van der Waals surface area contributed by atoms with Gasteiger partial charge in [0.05, 0.1) is 6.61 Å². The van der Waals surface area contributed by atoms with Gasteiger partial charge in [-0.25, -0.2) is 4.79 Å². The lowest BCUT2D eigenvalue weighted by Crippen LogP contribution is -2.21. The minimum absolute atomic E-state index is 0.130. The van der Waals surface area contributed by atoms with Gasteiger partial charge in [0.25, 0.3) is 5.91 Å². The third-order valence-electron chi connectivity index (χ3n) is 4.80. The Labute approximate surface area is 190 Å². The van der Waals surface area contributed by atoms with Gasteiger partial charge in [-0.15, -0.1) is 5.10 Å². The molecule has 170 valence electrons. The lowest BCUT2D eigenvalue weighted by molar-refractivity contribution is -0.142. The van der Waals surface area contributed by atoms with E-state index in [0.29, 0.717) is 24.3 Å². The van der Waals surface area contributed by atoms with E-state index < -0.39 is 18.5 Å². The van der Waals surface area contributed by atoms with Gasteiger partial charge in [-0.3, -0.25) is 10.1 Å². The average Bonchev–Trinajstić information content (AvgIpc) is 3.39. The summed E-state index contributed by atoms with van der Waals surface area (Å²) in [4.78, 5) is 24.4. The number of anilines is 1. The first-order valence-electron chi connectivity index (χ1n) is 10.1. The molecule has 2 heterocycles. The second kappa shape index (κ2) is 10.9. The van der Waals surface area contributed by atoms with Crippen molar-refractivity contribution in [1.29, 1.82) is 5.26 Å².